The zero-order chi connectivity index (χ0) is 14.8. The molecular formula is C8H20N8O4. The van der Waals surface area contributed by atoms with E-state index in [0.29, 0.717) is 39.3 Å². The van der Waals surface area contributed by atoms with Crippen LogP contribution in [0.25, 0.3) is 0 Å². The molecule has 0 atom stereocenters. The Hall–Kier alpha value is -2.08. The lowest BCUT2D eigenvalue weighted by molar-refractivity contribution is -0.725. The van der Waals surface area contributed by atoms with Crippen LogP contribution in [0.2, 0.25) is 0 Å². The summed E-state index contributed by atoms with van der Waals surface area (Å²) in [5.74, 6) is 0. The van der Waals surface area contributed by atoms with Gasteiger partial charge < -0.3 is 31.5 Å². The number of hydrazine groups is 2. The lowest BCUT2D eigenvalue weighted by atomic mass is 10.4. The lowest BCUT2D eigenvalue weighted by Gasteiger charge is -2.23. The quantitative estimate of drug-likeness (QED) is 0.268. The molecule has 116 valence electrons. The van der Waals surface area contributed by atoms with Crippen LogP contribution in [0.3, 0.4) is 0 Å². The maximum Gasteiger partial charge on any atom is 0.230 e. The molecule has 1 aliphatic rings. The summed E-state index contributed by atoms with van der Waals surface area (Å²) in [6, 6.07) is 0. The second-order valence-corrected chi connectivity index (χ2v) is 4.09. The molecule has 1 saturated heterocycles. The molecule has 1 rings (SSSR count). The third kappa shape index (κ3) is 5.27. The first-order valence-electron chi connectivity index (χ1n) is 6.24. The van der Waals surface area contributed by atoms with Gasteiger partial charge in [-0.25, -0.2) is 0 Å². The number of hydrogen-bond acceptors (Lipinski definition) is 6. The van der Waals surface area contributed by atoms with Crippen molar-refractivity contribution in [3.8, 4) is 0 Å². The van der Waals surface area contributed by atoms with Gasteiger partial charge in [0.25, 0.3) is 0 Å². The van der Waals surface area contributed by atoms with E-state index in [1.807, 2.05) is 0 Å². The summed E-state index contributed by atoms with van der Waals surface area (Å²) in [5.41, 5.74) is 0. The minimum Gasteiger partial charge on any atom is -0.569 e. The van der Waals surface area contributed by atoms with Crippen molar-refractivity contribution in [2.45, 2.75) is 0 Å². The summed E-state index contributed by atoms with van der Waals surface area (Å²) in [7, 11) is 0. The van der Waals surface area contributed by atoms with Crippen LogP contribution in [0.5, 0.6) is 0 Å². The van der Waals surface area contributed by atoms with Gasteiger partial charge in [0.1, 0.15) is 13.1 Å². The van der Waals surface area contributed by atoms with Gasteiger partial charge in [0.2, 0.25) is 10.6 Å². The van der Waals surface area contributed by atoms with Gasteiger partial charge >= 0.3 is 0 Å². The molecule has 1 heterocycles. The van der Waals surface area contributed by atoms with Crippen molar-refractivity contribution < 1.29 is 20.4 Å². The van der Waals surface area contributed by atoms with Gasteiger partial charge in [0, 0.05) is 26.2 Å². The summed E-state index contributed by atoms with van der Waals surface area (Å²) in [4.78, 5) is 0.129. The second-order valence-electron chi connectivity index (χ2n) is 4.09. The molecule has 0 amide bonds. The first-order valence-corrected chi connectivity index (χ1v) is 6.24. The van der Waals surface area contributed by atoms with Gasteiger partial charge in [-0.1, -0.05) is 0 Å². The molecule has 0 bridgehead atoms. The molecule has 1 fully saturated rings. The van der Waals surface area contributed by atoms with Gasteiger partial charge in [-0.05, 0) is 0 Å². The van der Waals surface area contributed by atoms with Crippen molar-refractivity contribution in [1.29, 1.82) is 0 Å². The van der Waals surface area contributed by atoms with E-state index in [-0.39, 0.29) is 23.0 Å². The van der Waals surface area contributed by atoms with Crippen molar-refractivity contribution in [2.24, 2.45) is 10.6 Å². The fourth-order valence-corrected chi connectivity index (χ4v) is 1.75. The molecule has 4 N–H and O–H groups in total. The van der Waals surface area contributed by atoms with E-state index >= 15 is 0 Å². The Balaban J connectivity index is 2.67. The van der Waals surface area contributed by atoms with Crippen LogP contribution < -0.4 is 10.6 Å². The zero-order valence-electron chi connectivity index (χ0n) is 11.1. The summed E-state index contributed by atoms with van der Waals surface area (Å²) in [6.07, 6.45) is 0. The average molecular weight is 292 g/mol. The van der Waals surface area contributed by atoms with Gasteiger partial charge in [0.15, 0.2) is 0 Å². The summed E-state index contributed by atoms with van der Waals surface area (Å²) in [6.45, 7) is 3.38. The van der Waals surface area contributed by atoms with E-state index in [1.165, 1.54) is 10.0 Å². The van der Waals surface area contributed by atoms with Crippen LogP contribution in [-0.4, -0.2) is 82.7 Å². The molecular weight excluding hydrogens is 272 g/mol. The van der Waals surface area contributed by atoms with E-state index in [9.17, 15) is 10.4 Å². The van der Waals surface area contributed by atoms with Crippen molar-refractivity contribution in [3.63, 3.8) is 0 Å². The number of nitrogens with zero attached hydrogens (tertiary/aromatic N) is 6. The zero-order valence-corrected chi connectivity index (χ0v) is 11.1. The molecule has 20 heavy (non-hydrogen) atoms. The number of rotatable bonds is 2. The predicted octanol–water partition coefficient (Wildman–Crippen LogP) is -1.68. The monoisotopic (exact) mass is 292 g/mol. The number of nitrogens with one attached hydrogen (secondary N) is 2. The highest BCUT2D eigenvalue weighted by Gasteiger charge is 2.19. The van der Waals surface area contributed by atoms with Crippen LogP contribution in [0.1, 0.15) is 0 Å². The van der Waals surface area contributed by atoms with Gasteiger partial charge in [-0.3, -0.25) is 0 Å². The van der Waals surface area contributed by atoms with E-state index in [0.717, 1.165) is 0 Å². The third-order valence-corrected chi connectivity index (χ3v) is 2.83. The van der Waals surface area contributed by atoms with E-state index in [1.54, 1.807) is 0 Å². The Labute approximate surface area is 115 Å². The van der Waals surface area contributed by atoms with Crippen molar-refractivity contribution in [3.05, 3.63) is 10.4 Å². The van der Waals surface area contributed by atoms with Gasteiger partial charge in [-0.2, -0.15) is 0 Å². The first-order chi connectivity index (χ1) is 9.69. The molecule has 12 heteroatoms. The summed E-state index contributed by atoms with van der Waals surface area (Å²) in [5, 5.41) is 53.5. The van der Waals surface area contributed by atoms with Crippen LogP contribution in [-0.2, 0) is 0 Å². The van der Waals surface area contributed by atoms with Crippen LogP contribution in [0, 0.1) is 10.4 Å². The Morgan fingerprint density at radius 1 is 0.750 bits per heavy atom. The Bertz CT molecular complexity index is 306. The van der Waals surface area contributed by atoms with Crippen molar-refractivity contribution >= 4 is 0 Å². The highest BCUT2D eigenvalue weighted by atomic mass is 16.6. The van der Waals surface area contributed by atoms with E-state index in [4.69, 9.17) is 10.4 Å². The standard InChI is InChI=1S/C8H20N8O4/c17-11-15(19)13-5-3-9-1-2-10-4-6-14(8-7-13)16(20)12-18/h9-10,17-18H,1-8H2. The molecule has 0 aromatic heterocycles. The highest BCUT2D eigenvalue weighted by molar-refractivity contribution is 4.59. The summed E-state index contributed by atoms with van der Waals surface area (Å²) >= 11 is 0. The molecule has 1 aliphatic heterocycles. The normalized spacial score (nSPS) is 21.2. The largest absolute Gasteiger partial charge is 0.569 e. The maximum atomic E-state index is 11.3. The molecule has 0 saturated carbocycles. The van der Waals surface area contributed by atoms with E-state index in [2.05, 4.69) is 21.2 Å². The van der Waals surface area contributed by atoms with Crippen molar-refractivity contribution in [1.82, 2.24) is 20.7 Å². The third-order valence-electron chi connectivity index (χ3n) is 2.83. The maximum absolute atomic E-state index is 11.3. The topological polar surface area (TPSA) is 148 Å². The molecule has 12 nitrogen and oxygen atoms in total. The predicted molar refractivity (Wildman–Crippen MR) is 64.6 cm³/mol. The molecule has 0 unspecified atom stereocenters. The molecule has 0 aliphatic carbocycles. The Morgan fingerprint density at radius 3 is 1.50 bits per heavy atom. The molecule has 0 radical (unpaired) electrons. The Morgan fingerprint density at radius 2 is 1.15 bits per heavy atom. The second kappa shape index (κ2) is 8.92. The highest BCUT2D eigenvalue weighted by Crippen LogP contribution is 1.95. The average Bonchev–Trinajstić information content (AvgIpc) is 2.46. The SMILES string of the molecule is [O-][N+](=NO)N1CCNCCNCCN([N+]([O-])=NO)CC1. The Kier molecular flexibility index (Phi) is 7.13. The van der Waals surface area contributed by atoms with Crippen LogP contribution in [0.15, 0.2) is 10.6 Å². The smallest absolute Gasteiger partial charge is 0.230 e. The first kappa shape index (κ1) is 16.0. The van der Waals surface area contributed by atoms with E-state index < -0.39 is 0 Å². The molecule has 0 spiro atoms. The van der Waals surface area contributed by atoms with Gasteiger partial charge in [-0.15, -0.1) is 10.0 Å². The van der Waals surface area contributed by atoms with Crippen molar-refractivity contribution in [2.75, 3.05) is 52.4 Å². The number of hydrogen-bond donors (Lipinski definition) is 4. The molecule has 0 aromatic rings. The van der Waals surface area contributed by atoms with Gasteiger partial charge in [0.05, 0.1) is 23.0 Å². The summed E-state index contributed by atoms with van der Waals surface area (Å²) < 4.78 is 0. The fourth-order valence-electron chi connectivity index (χ4n) is 1.75. The lowest BCUT2D eigenvalue weighted by Crippen LogP contribution is -2.47. The minimum absolute atomic E-state index is 0.0646. The fraction of sp³-hybridized carbons (Fsp3) is 1.00. The minimum atomic E-state index is 0.0646. The van der Waals surface area contributed by atoms with Crippen LogP contribution >= 0.6 is 0 Å². The van der Waals surface area contributed by atoms with Crippen LogP contribution in [0.4, 0.5) is 0 Å². The molecule has 0 aromatic carbocycles.